The van der Waals surface area contributed by atoms with Crippen LogP contribution in [0.3, 0.4) is 0 Å². The fourth-order valence-electron chi connectivity index (χ4n) is 2.54. The summed E-state index contributed by atoms with van der Waals surface area (Å²) in [5.41, 5.74) is 3.79. The summed E-state index contributed by atoms with van der Waals surface area (Å²) >= 11 is 0. The third kappa shape index (κ3) is 4.72. The van der Waals surface area contributed by atoms with E-state index in [4.69, 9.17) is 4.74 Å². The fraction of sp³-hybridized carbons (Fsp3) is 0.238. The van der Waals surface area contributed by atoms with E-state index >= 15 is 0 Å². The van der Waals surface area contributed by atoms with Gasteiger partial charge >= 0.3 is 6.09 Å². The lowest BCUT2D eigenvalue weighted by Crippen LogP contribution is -2.32. The number of nitrogens with zero attached hydrogens (tertiary/aromatic N) is 1. The van der Waals surface area contributed by atoms with Crippen molar-refractivity contribution in [1.82, 2.24) is 15.3 Å². The molecule has 1 amide bonds. The Morgan fingerprint density at radius 1 is 1.00 bits per heavy atom. The molecule has 2 aromatic carbocycles. The van der Waals surface area contributed by atoms with Crippen LogP contribution in [0.5, 0.6) is 0 Å². The van der Waals surface area contributed by atoms with E-state index in [1.54, 1.807) is 6.20 Å². The second-order valence-electron chi connectivity index (χ2n) is 7.04. The van der Waals surface area contributed by atoms with Gasteiger partial charge in [0.25, 0.3) is 0 Å². The highest BCUT2D eigenvalue weighted by Crippen LogP contribution is 2.23. The van der Waals surface area contributed by atoms with Crippen molar-refractivity contribution in [3.8, 4) is 22.4 Å². The van der Waals surface area contributed by atoms with Gasteiger partial charge < -0.3 is 15.0 Å². The molecule has 0 spiro atoms. The summed E-state index contributed by atoms with van der Waals surface area (Å²) in [5.74, 6) is 0.679. The Morgan fingerprint density at radius 3 is 2.27 bits per heavy atom. The number of carbonyl (C=O) groups is 1. The highest BCUT2D eigenvalue weighted by molar-refractivity contribution is 5.69. The maximum absolute atomic E-state index is 11.7. The highest BCUT2D eigenvalue weighted by Gasteiger charge is 2.16. The minimum atomic E-state index is -0.515. The number of benzene rings is 2. The Morgan fingerprint density at radius 2 is 1.62 bits per heavy atom. The van der Waals surface area contributed by atoms with Crippen molar-refractivity contribution in [2.45, 2.75) is 32.9 Å². The second-order valence-corrected chi connectivity index (χ2v) is 7.04. The summed E-state index contributed by atoms with van der Waals surface area (Å²) in [6.45, 7) is 5.78. The van der Waals surface area contributed by atoms with Gasteiger partial charge in [-0.15, -0.1) is 0 Å². The van der Waals surface area contributed by atoms with Crippen molar-refractivity contribution in [1.29, 1.82) is 0 Å². The fourth-order valence-corrected chi connectivity index (χ4v) is 2.54. The van der Waals surface area contributed by atoms with Crippen LogP contribution in [0.2, 0.25) is 0 Å². The number of aromatic amines is 1. The molecule has 0 aliphatic heterocycles. The smallest absolute Gasteiger partial charge is 0.408 e. The minimum absolute atomic E-state index is 0.289. The quantitative estimate of drug-likeness (QED) is 0.713. The lowest BCUT2D eigenvalue weighted by molar-refractivity contribution is 0.0522. The molecule has 2 N–H and O–H groups in total. The third-order valence-corrected chi connectivity index (χ3v) is 3.73. The van der Waals surface area contributed by atoms with E-state index in [-0.39, 0.29) is 6.54 Å². The van der Waals surface area contributed by atoms with Gasteiger partial charge in [0.05, 0.1) is 18.4 Å². The Labute approximate surface area is 153 Å². The molecule has 3 aromatic rings. The number of aromatic nitrogens is 2. The van der Waals surface area contributed by atoms with Crippen molar-refractivity contribution in [3.05, 3.63) is 66.6 Å². The van der Waals surface area contributed by atoms with Crippen LogP contribution in [0.1, 0.15) is 26.6 Å². The molecule has 1 aromatic heterocycles. The molecule has 5 heteroatoms. The molecule has 1 heterocycles. The summed E-state index contributed by atoms with van der Waals surface area (Å²) < 4.78 is 5.21. The first kappa shape index (κ1) is 17.7. The predicted molar refractivity (Wildman–Crippen MR) is 103 cm³/mol. The molecular formula is C21H23N3O2. The number of H-pyrrole nitrogens is 1. The second kappa shape index (κ2) is 7.44. The van der Waals surface area contributed by atoms with Crippen LogP contribution in [0, 0.1) is 0 Å². The van der Waals surface area contributed by atoms with E-state index in [2.05, 4.69) is 51.7 Å². The van der Waals surface area contributed by atoms with Crippen LogP contribution < -0.4 is 5.32 Å². The molecule has 0 radical (unpaired) electrons. The number of imidazole rings is 1. The van der Waals surface area contributed by atoms with Crippen LogP contribution >= 0.6 is 0 Å². The molecule has 0 aliphatic carbocycles. The monoisotopic (exact) mass is 349 g/mol. The lowest BCUT2D eigenvalue weighted by Gasteiger charge is -2.19. The molecule has 5 nitrogen and oxygen atoms in total. The SMILES string of the molecule is CC(C)(C)OC(=O)NCc1ncc(-c2ccc(-c3ccccc3)cc2)[nH]1. The van der Waals surface area contributed by atoms with Crippen molar-refractivity contribution in [3.63, 3.8) is 0 Å². The molecule has 0 aliphatic rings. The summed E-state index contributed by atoms with van der Waals surface area (Å²) in [6, 6.07) is 18.5. The molecular weight excluding hydrogens is 326 g/mol. The predicted octanol–water partition coefficient (Wildman–Crippen LogP) is 4.77. The number of hydrogen-bond donors (Lipinski definition) is 2. The maximum atomic E-state index is 11.7. The zero-order chi connectivity index (χ0) is 18.6. The molecule has 26 heavy (non-hydrogen) atoms. The van der Waals surface area contributed by atoms with Crippen molar-refractivity contribution in [2.24, 2.45) is 0 Å². The molecule has 0 fully saturated rings. The van der Waals surface area contributed by atoms with Crippen molar-refractivity contribution >= 4 is 6.09 Å². The molecule has 3 rings (SSSR count). The molecule has 0 bridgehead atoms. The molecule has 0 saturated heterocycles. The zero-order valence-corrected chi connectivity index (χ0v) is 15.2. The summed E-state index contributed by atoms with van der Waals surface area (Å²) in [5, 5.41) is 2.70. The Balaban J connectivity index is 1.63. The van der Waals surface area contributed by atoms with E-state index in [0.29, 0.717) is 5.82 Å². The van der Waals surface area contributed by atoms with Gasteiger partial charge in [-0.05, 0) is 37.5 Å². The van der Waals surface area contributed by atoms with Gasteiger partial charge in [0.2, 0.25) is 0 Å². The van der Waals surface area contributed by atoms with Gasteiger partial charge in [-0.3, -0.25) is 0 Å². The number of hydrogen-bond acceptors (Lipinski definition) is 3. The summed E-state index contributed by atoms with van der Waals surface area (Å²) in [6.07, 6.45) is 1.31. The van der Waals surface area contributed by atoms with E-state index in [9.17, 15) is 4.79 Å². The topological polar surface area (TPSA) is 67.0 Å². The number of alkyl carbamates (subject to hydrolysis) is 1. The zero-order valence-electron chi connectivity index (χ0n) is 15.2. The number of nitrogens with one attached hydrogen (secondary N) is 2. The standard InChI is InChI=1S/C21H23N3O2/c1-21(2,3)26-20(25)23-14-19-22-13-18(24-19)17-11-9-16(10-12-17)15-7-5-4-6-8-15/h4-13H,14H2,1-3H3,(H,22,24)(H,23,25). The Bertz CT molecular complexity index is 862. The van der Waals surface area contributed by atoms with Gasteiger partial charge in [-0.25, -0.2) is 9.78 Å². The van der Waals surface area contributed by atoms with Crippen LogP contribution in [-0.4, -0.2) is 21.7 Å². The van der Waals surface area contributed by atoms with Gasteiger partial charge in [0.1, 0.15) is 11.4 Å². The van der Waals surface area contributed by atoms with Crippen LogP contribution in [0.15, 0.2) is 60.8 Å². The molecule has 134 valence electrons. The minimum Gasteiger partial charge on any atom is -0.444 e. The average molecular weight is 349 g/mol. The Hall–Kier alpha value is -3.08. The van der Waals surface area contributed by atoms with E-state index in [0.717, 1.165) is 11.3 Å². The summed E-state index contributed by atoms with van der Waals surface area (Å²) in [4.78, 5) is 19.2. The van der Waals surface area contributed by atoms with E-state index < -0.39 is 11.7 Å². The van der Waals surface area contributed by atoms with Crippen molar-refractivity contribution < 1.29 is 9.53 Å². The first-order valence-electron chi connectivity index (χ1n) is 8.57. The third-order valence-electron chi connectivity index (χ3n) is 3.73. The van der Waals surface area contributed by atoms with Gasteiger partial charge in [0, 0.05) is 0 Å². The molecule has 0 saturated carbocycles. The first-order valence-corrected chi connectivity index (χ1v) is 8.57. The van der Waals surface area contributed by atoms with Crippen LogP contribution in [0.4, 0.5) is 4.79 Å². The van der Waals surface area contributed by atoms with Crippen LogP contribution in [0.25, 0.3) is 22.4 Å². The maximum Gasteiger partial charge on any atom is 0.408 e. The van der Waals surface area contributed by atoms with Gasteiger partial charge in [-0.2, -0.15) is 0 Å². The van der Waals surface area contributed by atoms with Crippen LogP contribution in [-0.2, 0) is 11.3 Å². The summed E-state index contributed by atoms with van der Waals surface area (Å²) in [7, 11) is 0. The largest absolute Gasteiger partial charge is 0.444 e. The Kier molecular flexibility index (Phi) is 5.07. The molecule has 0 unspecified atom stereocenters. The number of carbonyl (C=O) groups excluding carboxylic acids is 1. The average Bonchev–Trinajstić information content (AvgIpc) is 3.08. The van der Waals surface area contributed by atoms with Gasteiger partial charge in [0.15, 0.2) is 0 Å². The van der Waals surface area contributed by atoms with E-state index in [1.165, 1.54) is 11.1 Å². The lowest BCUT2D eigenvalue weighted by atomic mass is 10.0. The normalized spacial score (nSPS) is 11.2. The highest BCUT2D eigenvalue weighted by atomic mass is 16.6. The number of rotatable bonds is 4. The van der Waals surface area contributed by atoms with Crippen molar-refractivity contribution in [2.75, 3.05) is 0 Å². The first-order chi connectivity index (χ1) is 12.4. The molecule has 0 atom stereocenters. The number of amides is 1. The van der Waals surface area contributed by atoms with E-state index in [1.807, 2.05) is 39.0 Å². The van der Waals surface area contributed by atoms with Gasteiger partial charge in [-0.1, -0.05) is 54.6 Å². The number of ether oxygens (including phenoxy) is 1.